The summed E-state index contributed by atoms with van der Waals surface area (Å²) in [6, 6.07) is 16.3. The lowest BCUT2D eigenvalue weighted by Gasteiger charge is -2.11. The molecular weight excluding hydrogens is 370 g/mol. The first-order valence-corrected chi connectivity index (χ1v) is 9.37. The molecular formula is C23H23NO5. The molecule has 0 aromatic heterocycles. The molecule has 0 unspecified atom stereocenters. The Kier molecular flexibility index (Phi) is 8.46. The molecule has 2 rings (SSSR count). The van der Waals surface area contributed by atoms with Gasteiger partial charge in [0.05, 0.1) is 13.2 Å². The fourth-order valence-electron chi connectivity index (χ4n) is 2.54. The molecule has 0 aliphatic rings. The normalized spacial score (nSPS) is 10.7. The number of hydrogen-bond acceptors (Lipinski definition) is 6. The van der Waals surface area contributed by atoms with Crippen LogP contribution in [0.25, 0.3) is 6.08 Å². The van der Waals surface area contributed by atoms with Crippen LogP contribution in [0.3, 0.4) is 0 Å². The van der Waals surface area contributed by atoms with Gasteiger partial charge in [-0.15, -0.1) is 0 Å². The van der Waals surface area contributed by atoms with E-state index in [-0.39, 0.29) is 30.3 Å². The Balaban J connectivity index is 2.13. The molecule has 0 radical (unpaired) electrons. The van der Waals surface area contributed by atoms with Crippen LogP contribution < -0.4 is 9.47 Å². The first-order chi connectivity index (χ1) is 14.1. The van der Waals surface area contributed by atoms with Crippen LogP contribution in [-0.4, -0.2) is 25.2 Å². The van der Waals surface area contributed by atoms with E-state index in [0.29, 0.717) is 24.3 Å². The lowest BCUT2D eigenvalue weighted by atomic mass is 10.1. The lowest BCUT2D eigenvalue weighted by Crippen LogP contribution is -2.10. The molecule has 0 N–H and O–H groups in total. The topological polar surface area (TPSA) is 85.6 Å². The van der Waals surface area contributed by atoms with Crippen molar-refractivity contribution >= 4 is 18.0 Å². The van der Waals surface area contributed by atoms with Crippen LogP contribution in [0.15, 0.2) is 54.1 Å². The minimum atomic E-state index is -0.690. The van der Waals surface area contributed by atoms with E-state index in [1.165, 1.54) is 6.08 Å². The smallest absolute Gasteiger partial charge is 0.348 e. The van der Waals surface area contributed by atoms with Gasteiger partial charge in [0, 0.05) is 6.42 Å². The molecule has 0 spiro atoms. The Hall–Kier alpha value is -3.59. The highest BCUT2D eigenvalue weighted by molar-refractivity contribution is 5.98. The Morgan fingerprint density at radius 2 is 1.79 bits per heavy atom. The molecule has 0 amide bonds. The molecule has 29 heavy (non-hydrogen) atoms. The minimum absolute atomic E-state index is 0.123. The summed E-state index contributed by atoms with van der Waals surface area (Å²) < 4.78 is 15.9. The van der Waals surface area contributed by atoms with Crippen molar-refractivity contribution in [1.29, 1.82) is 5.26 Å². The molecule has 150 valence electrons. The number of aryl methyl sites for hydroxylation is 1. The maximum absolute atomic E-state index is 12.2. The summed E-state index contributed by atoms with van der Waals surface area (Å²) >= 11 is 0. The average Bonchev–Trinajstić information content (AvgIpc) is 2.73. The zero-order valence-corrected chi connectivity index (χ0v) is 16.5. The van der Waals surface area contributed by atoms with Crippen molar-refractivity contribution < 1.29 is 23.8 Å². The van der Waals surface area contributed by atoms with Crippen molar-refractivity contribution in [3.63, 3.8) is 0 Å². The molecule has 0 atom stereocenters. The number of benzene rings is 2. The molecule has 2 aromatic rings. The van der Waals surface area contributed by atoms with Gasteiger partial charge >= 0.3 is 11.9 Å². The van der Waals surface area contributed by atoms with Crippen molar-refractivity contribution in [1.82, 2.24) is 0 Å². The monoisotopic (exact) mass is 393 g/mol. The zero-order chi connectivity index (χ0) is 21.1. The van der Waals surface area contributed by atoms with Crippen molar-refractivity contribution in [2.45, 2.75) is 26.7 Å². The van der Waals surface area contributed by atoms with Gasteiger partial charge in [0.15, 0.2) is 11.5 Å². The highest BCUT2D eigenvalue weighted by Gasteiger charge is 2.14. The molecule has 0 aliphatic heterocycles. The second-order valence-corrected chi connectivity index (χ2v) is 5.99. The predicted molar refractivity (Wildman–Crippen MR) is 108 cm³/mol. The number of esters is 2. The number of hydrogen-bond donors (Lipinski definition) is 0. The summed E-state index contributed by atoms with van der Waals surface area (Å²) in [4.78, 5) is 24.0. The van der Waals surface area contributed by atoms with Crippen LogP contribution in [0.2, 0.25) is 0 Å². The van der Waals surface area contributed by atoms with Crippen LogP contribution in [0.4, 0.5) is 0 Å². The van der Waals surface area contributed by atoms with E-state index in [4.69, 9.17) is 19.5 Å². The van der Waals surface area contributed by atoms with Crippen LogP contribution in [0, 0.1) is 11.3 Å². The molecule has 0 saturated heterocycles. The van der Waals surface area contributed by atoms with Gasteiger partial charge in [0.1, 0.15) is 11.6 Å². The third-order valence-electron chi connectivity index (χ3n) is 3.88. The molecule has 0 heterocycles. The third kappa shape index (κ3) is 6.82. The summed E-state index contributed by atoms with van der Waals surface area (Å²) in [6.07, 6.45) is 2.22. The Morgan fingerprint density at radius 3 is 2.45 bits per heavy atom. The van der Waals surface area contributed by atoms with E-state index in [1.54, 1.807) is 25.1 Å². The maximum atomic E-state index is 12.2. The van der Waals surface area contributed by atoms with Crippen LogP contribution >= 0.6 is 0 Å². The molecule has 6 nitrogen and oxygen atoms in total. The second kappa shape index (κ2) is 11.3. The van der Waals surface area contributed by atoms with Gasteiger partial charge in [-0.3, -0.25) is 4.79 Å². The van der Waals surface area contributed by atoms with E-state index in [9.17, 15) is 9.59 Å². The first kappa shape index (κ1) is 21.7. The zero-order valence-electron chi connectivity index (χ0n) is 16.5. The molecule has 0 bridgehead atoms. The number of ether oxygens (including phenoxy) is 3. The molecule has 0 fully saturated rings. The molecule has 0 aliphatic carbocycles. The van der Waals surface area contributed by atoms with Gasteiger partial charge in [0.25, 0.3) is 0 Å². The van der Waals surface area contributed by atoms with Crippen LogP contribution in [0.5, 0.6) is 11.5 Å². The highest BCUT2D eigenvalue weighted by Crippen LogP contribution is 2.30. The summed E-state index contributed by atoms with van der Waals surface area (Å²) in [5, 5.41) is 9.16. The fourth-order valence-corrected chi connectivity index (χ4v) is 2.54. The summed E-state index contributed by atoms with van der Waals surface area (Å²) in [6.45, 7) is 4.02. The standard InChI is InChI=1S/C23H23NO5/c1-3-27-21-15-18(14-19(16-24)23(26)28-4-2)10-12-20(21)29-22(25)13-11-17-8-6-5-7-9-17/h5-10,12,14-15H,3-4,11,13H2,1-2H3. The summed E-state index contributed by atoms with van der Waals surface area (Å²) in [5.74, 6) is -0.418. The van der Waals surface area contributed by atoms with E-state index >= 15 is 0 Å². The largest absolute Gasteiger partial charge is 0.490 e. The quantitative estimate of drug-likeness (QED) is 0.276. The summed E-state index contributed by atoms with van der Waals surface area (Å²) in [5.41, 5.74) is 1.49. The molecule has 2 aromatic carbocycles. The van der Waals surface area contributed by atoms with E-state index in [2.05, 4.69) is 0 Å². The van der Waals surface area contributed by atoms with E-state index in [1.807, 2.05) is 43.3 Å². The molecule has 6 heteroatoms. The van der Waals surface area contributed by atoms with Crippen molar-refractivity contribution in [2.24, 2.45) is 0 Å². The van der Waals surface area contributed by atoms with E-state index in [0.717, 1.165) is 5.56 Å². The van der Waals surface area contributed by atoms with Crippen molar-refractivity contribution in [3.05, 3.63) is 65.2 Å². The second-order valence-electron chi connectivity index (χ2n) is 5.99. The number of carbonyl (C=O) groups is 2. The van der Waals surface area contributed by atoms with Gasteiger partial charge in [-0.1, -0.05) is 36.4 Å². The van der Waals surface area contributed by atoms with E-state index < -0.39 is 5.97 Å². The highest BCUT2D eigenvalue weighted by atomic mass is 16.6. The number of carbonyl (C=O) groups excluding carboxylic acids is 2. The van der Waals surface area contributed by atoms with Gasteiger partial charge in [-0.2, -0.15) is 5.26 Å². The minimum Gasteiger partial charge on any atom is -0.490 e. The first-order valence-electron chi connectivity index (χ1n) is 9.37. The van der Waals surface area contributed by atoms with Crippen molar-refractivity contribution in [2.75, 3.05) is 13.2 Å². The average molecular weight is 393 g/mol. The Morgan fingerprint density at radius 1 is 1.03 bits per heavy atom. The van der Waals surface area contributed by atoms with Crippen LogP contribution in [-0.2, 0) is 20.7 Å². The number of rotatable bonds is 9. The third-order valence-corrected chi connectivity index (χ3v) is 3.88. The van der Waals surface area contributed by atoms with Crippen molar-refractivity contribution in [3.8, 4) is 17.6 Å². The number of nitrogens with zero attached hydrogens (tertiary/aromatic N) is 1. The van der Waals surface area contributed by atoms with Gasteiger partial charge in [-0.25, -0.2) is 4.79 Å². The number of nitriles is 1. The molecule has 0 saturated carbocycles. The van der Waals surface area contributed by atoms with Crippen LogP contribution in [0.1, 0.15) is 31.4 Å². The van der Waals surface area contributed by atoms with Gasteiger partial charge < -0.3 is 14.2 Å². The predicted octanol–water partition coefficient (Wildman–Crippen LogP) is 4.09. The van der Waals surface area contributed by atoms with Gasteiger partial charge in [-0.05, 0) is 49.6 Å². The summed E-state index contributed by atoms with van der Waals surface area (Å²) in [7, 11) is 0. The SMILES string of the molecule is CCOC(=O)C(C#N)=Cc1ccc(OC(=O)CCc2ccccc2)c(OCC)c1. The van der Waals surface area contributed by atoms with Gasteiger partial charge in [0.2, 0.25) is 0 Å². The lowest BCUT2D eigenvalue weighted by molar-refractivity contribution is -0.138. The maximum Gasteiger partial charge on any atom is 0.348 e. The Labute approximate surface area is 170 Å². The fraction of sp³-hybridized carbons (Fsp3) is 0.261. The Bertz CT molecular complexity index is 913.